The largest absolute Gasteiger partial charge is 0.481 e. The first-order valence-corrected chi connectivity index (χ1v) is 7.97. The highest BCUT2D eigenvalue weighted by molar-refractivity contribution is 5.72. The zero-order chi connectivity index (χ0) is 13.8. The van der Waals surface area contributed by atoms with Crippen molar-refractivity contribution in [2.75, 3.05) is 0 Å². The van der Waals surface area contributed by atoms with Crippen LogP contribution in [0.5, 0.6) is 0 Å². The van der Waals surface area contributed by atoms with Crippen molar-refractivity contribution in [2.45, 2.75) is 58.3 Å². The lowest BCUT2D eigenvalue weighted by Gasteiger charge is -2.38. The lowest BCUT2D eigenvalue weighted by molar-refractivity contribution is -0.142. The fraction of sp³-hybridized carbons (Fsp3) is 0.824. The minimum Gasteiger partial charge on any atom is -0.481 e. The van der Waals surface area contributed by atoms with Crippen molar-refractivity contribution in [3.05, 3.63) is 12.7 Å². The van der Waals surface area contributed by atoms with E-state index < -0.39 is 5.97 Å². The quantitative estimate of drug-likeness (QED) is 0.759. The summed E-state index contributed by atoms with van der Waals surface area (Å²) >= 11 is 0. The average molecular weight is 264 g/mol. The number of carboxylic acids is 1. The molecule has 2 saturated carbocycles. The summed E-state index contributed by atoms with van der Waals surface area (Å²) in [4.78, 5) is 11.2. The van der Waals surface area contributed by atoms with Gasteiger partial charge in [-0.2, -0.15) is 0 Å². The molecule has 2 aliphatic carbocycles. The molecule has 0 spiro atoms. The zero-order valence-corrected chi connectivity index (χ0v) is 12.2. The average Bonchev–Trinajstić information content (AvgIpc) is 2.41. The highest BCUT2D eigenvalue weighted by atomic mass is 16.4. The molecule has 2 heteroatoms. The normalized spacial score (nSPS) is 37.5. The zero-order valence-electron chi connectivity index (χ0n) is 12.2. The predicted molar refractivity (Wildman–Crippen MR) is 77.9 cm³/mol. The van der Waals surface area contributed by atoms with Crippen molar-refractivity contribution in [2.24, 2.45) is 29.6 Å². The summed E-state index contributed by atoms with van der Waals surface area (Å²) in [5.74, 6) is 2.02. The summed E-state index contributed by atoms with van der Waals surface area (Å²) in [7, 11) is 0. The Morgan fingerprint density at radius 2 is 1.53 bits per heavy atom. The van der Waals surface area contributed by atoms with Crippen molar-refractivity contribution >= 4 is 5.97 Å². The van der Waals surface area contributed by atoms with Crippen LogP contribution in [0.2, 0.25) is 0 Å². The maximum absolute atomic E-state index is 11.2. The van der Waals surface area contributed by atoms with Gasteiger partial charge in [0.25, 0.3) is 0 Å². The van der Waals surface area contributed by atoms with Crippen LogP contribution in [0.3, 0.4) is 0 Å². The van der Waals surface area contributed by atoms with E-state index in [-0.39, 0.29) is 5.92 Å². The highest BCUT2D eigenvalue weighted by Crippen LogP contribution is 2.42. The lowest BCUT2D eigenvalue weighted by Crippen LogP contribution is -2.30. The second-order valence-corrected chi connectivity index (χ2v) is 6.79. The van der Waals surface area contributed by atoms with Gasteiger partial charge in [-0.25, -0.2) is 0 Å². The van der Waals surface area contributed by atoms with E-state index in [9.17, 15) is 9.90 Å². The van der Waals surface area contributed by atoms with E-state index in [2.05, 4.69) is 13.5 Å². The van der Waals surface area contributed by atoms with Crippen LogP contribution in [0.25, 0.3) is 0 Å². The van der Waals surface area contributed by atoms with Crippen LogP contribution in [-0.2, 0) is 4.79 Å². The molecule has 0 aromatic carbocycles. The molecule has 0 amide bonds. The molecule has 2 rings (SSSR count). The summed E-state index contributed by atoms with van der Waals surface area (Å²) in [5.41, 5.74) is 0. The molecule has 0 radical (unpaired) electrons. The summed E-state index contributed by atoms with van der Waals surface area (Å²) in [6.45, 7) is 6.06. The Labute approximate surface area is 117 Å². The van der Waals surface area contributed by atoms with Gasteiger partial charge in [-0.15, -0.1) is 6.58 Å². The van der Waals surface area contributed by atoms with Gasteiger partial charge >= 0.3 is 5.97 Å². The molecule has 19 heavy (non-hydrogen) atoms. The second-order valence-electron chi connectivity index (χ2n) is 6.79. The molecule has 0 heterocycles. The molecule has 1 unspecified atom stereocenters. The van der Waals surface area contributed by atoms with Crippen molar-refractivity contribution in [3.63, 3.8) is 0 Å². The SMILES string of the molecule is C=CC(C(=O)O)[C@H]1CC[C@H]([C@H]2CC[C@H](C)CC2)CC1. The third-order valence-corrected chi connectivity index (χ3v) is 5.59. The van der Waals surface area contributed by atoms with Gasteiger partial charge in [0.2, 0.25) is 0 Å². The number of carboxylic acid groups (broad SMARTS) is 1. The predicted octanol–water partition coefficient (Wildman–Crippen LogP) is 4.51. The molecule has 1 atom stereocenters. The number of carbonyl (C=O) groups is 1. The third-order valence-electron chi connectivity index (χ3n) is 5.59. The summed E-state index contributed by atoms with van der Waals surface area (Å²) in [6, 6.07) is 0. The summed E-state index contributed by atoms with van der Waals surface area (Å²) < 4.78 is 0. The van der Waals surface area contributed by atoms with E-state index in [0.717, 1.165) is 30.6 Å². The number of aliphatic carboxylic acids is 1. The Kier molecular flexibility index (Phi) is 5.06. The molecule has 0 aromatic heterocycles. The Hall–Kier alpha value is -0.790. The number of hydrogen-bond donors (Lipinski definition) is 1. The highest BCUT2D eigenvalue weighted by Gasteiger charge is 2.33. The Morgan fingerprint density at radius 3 is 1.95 bits per heavy atom. The topological polar surface area (TPSA) is 37.3 Å². The molecule has 0 aliphatic heterocycles. The van der Waals surface area contributed by atoms with Crippen molar-refractivity contribution in [1.82, 2.24) is 0 Å². The van der Waals surface area contributed by atoms with Crippen molar-refractivity contribution in [3.8, 4) is 0 Å². The maximum Gasteiger partial charge on any atom is 0.310 e. The third kappa shape index (κ3) is 3.61. The van der Waals surface area contributed by atoms with E-state index in [1.165, 1.54) is 38.5 Å². The first kappa shape index (κ1) is 14.6. The molecule has 0 aromatic rings. The molecule has 0 saturated heterocycles. The smallest absolute Gasteiger partial charge is 0.310 e. The Morgan fingerprint density at radius 1 is 1.05 bits per heavy atom. The molecule has 1 N–H and O–H groups in total. The maximum atomic E-state index is 11.2. The van der Waals surface area contributed by atoms with Crippen LogP contribution in [0, 0.1) is 29.6 Å². The van der Waals surface area contributed by atoms with Crippen molar-refractivity contribution < 1.29 is 9.90 Å². The van der Waals surface area contributed by atoms with Crippen LogP contribution in [0.4, 0.5) is 0 Å². The van der Waals surface area contributed by atoms with E-state index >= 15 is 0 Å². The molecule has 108 valence electrons. The van der Waals surface area contributed by atoms with Crippen LogP contribution >= 0.6 is 0 Å². The minimum absolute atomic E-state index is 0.327. The molecule has 0 bridgehead atoms. The van der Waals surface area contributed by atoms with Crippen LogP contribution in [0.15, 0.2) is 12.7 Å². The van der Waals surface area contributed by atoms with Crippen LogP contribution in [-0.4, -0.2) is 11.1 Å². The molecular weight excluding hydrogens is 236 g/mol. The van der Waals surface area contributed by atoms with E-state index in [1.807, 2.05) is 0 Å². The standard InChI is InChI=1S/C17H28O2/c1-3-16(17(18)19)15-10-8-14(9-11-15)13-6-4-12(2)5-7-13/h3,12-16H,1,4-11H2,2H3,(H,18,19)/t12-,13-,14-,15-,16?. The Bertz CT molecular complexity index is 307. The summed E-state index contributed by atoms with van der Waals surface area (Å²) in [5, 5.41) is 9.20. The van der Waals surface area contributed by atoms with Crippen LogP contribution < -0.4 is 0 Å². The van der Waals surface area contributed by atoms with Crippen LogP contribution in [0.1, 0.15) is 58.3 Å². The Balaban J connectivity index is 1.82. The summed E-state index contributed by atoms with van der Waals surface area (Å²) in [6.07, 6.45) is 11.9. The van der Waals surface area contributed by atoms with Gasteiger partial charge in [-0.1, -0.05) is 25.8 Å². The molecule has 2 fully saturated rings. The van der Waals surface area contributed by atoms with Gasteiger partial charge in [0.05, 0.1) is 5.92 Å². The fourth-order valence-electron chi connectivity index (χ4n) is 4.23. The second kappa shape index (κ2) is 6.58. The first-order chi connectivity index (χ1) is 9.11. The monoisotopic (exact) mass is 264 g/mol. The van der Waals surface area contributed by atoms with Gasteiger partial charge in [0, 0.05) is 0 Å². The van der Waals surface area contributed by atoms with E-state index in [1.54, 1.807) is 6.08 Å². The number of hydrogen-bond acceptors (Lipinski definition) is 1. The van der Waals surface area contributed by atoms with Gasteiger partial charge in [-0.05, 0) is 62.2 Å². The van der Waals surface area contributed by atoms with Gasteiger partial charge in [-0.3, -0.25) is 4.79 Å². The fourth-order valence-corrected chi connectivity index (χ4v) is 4.23. The van der Waals surface area contributed by atoms with Gasteiger partial charge in [0.1, 0.15) is 0 Å². The molecule has 2 aliphatic rings. The first-order valence-electron chi connectivity index (χ1n) is 7.97. The van der Waals surface area contributed by atoms with E-state index in [0.29, 0.717) is 5.92 Å². The van der Waals surface area contributed by atoms with E-state index in [4.69, 9.17) is 0 Å². The van der Waals surface area contributed by atoms with Crippen molar-refractivity contribution in [1.29, 1.82) is 0 Å². The van der Waals surface area contributed by atoms with Gasteiger partial charge in [0.15, 0.2) is 0 Å². The van der Waals surface area contributed by atoms with Gasteiger partial charge < -0.3 is 5.11 Å². The molecule has 2 nitrogen and oxygen atoms in total. The number of rotatable bonds is 4. The minimum atomic E-state index is -0.690. The lowest BCUT2D eigenvalue weighted by atomic mass is 9.67. The molecular formula is C17H28O2.